The number of aliphatic imine (C=N–C) groups is 1. The van der Waals surface area contributed by atoms with E-state index in [9.17, 15) is 0 Å². The predicted molar refractivity (Wildman–Crippen MR) is 74.2 cm³/mol. The van der Waals surface area contributed by atoms with E-state index in [4.69, 9.17) is 5.73 Å². The van der Waals surface area contributed by atoms with Crippen molar-refractivity contribution in [2.75, 3.05) is 0 Å². The average Bonchev–Trinajstić information content (AvgIpc) is 3.27. The highest BCUT2D eigenvalue weighted by Gasteiger charge is 2.62. The molecule has 0 heterocycles. The Labute approximate surface area is 108 Å². The lowest BCUT2D eigenvalue weighted by atomic mass is 9.96. The number of nitrogens with two attached hydrogens (primary N) is 1. The Morgan fingerprint density at radius 1 is 1.22 bits per heavy atom. The zero-order valence-electron chi connectivity index (χ0n) is 10.9. The van der Waals surface area contributed by atoms with Gasteiger partial charge >= 0.3 is 0 Å². The maximum Gasteiger partial charge on any atom is 0.189 e. The van der Waals surface area contributed by atoms with Gasteiger partial charge in [0.25, 0.3) is 0 Å². The molecule has 1 aromatic rings. The van der Waals surface area contributed by atoms with E-state index in [1.54, 1.807) is 0 Å². The monoisotopic (exact) mass is 243 g/mol. The summed E-state index contributed by atoms with van der Waals surface area (Å²) in [5.74, 6) is 0.601. The lowest BCUT2D eigenvalue weighted by Gasteiger charge is -2.24. The van der Waals surface area contributed by atoms with Crippen molar-refractivity contribution in [2.24, 2.45) is 16.1 Å². The molecule has 0 amide bonds. The second-order valence-electron chi connectivity index (χ2n) is 5.95. The average molecular weight is 243 g/mol. The Morgan fingerprint density at radius 3 is 2.44 bits per heavy atom. The summed E-state index contributed by atoms with van der Waals surface area (Å²) in [5.41, 5.74) is 7.94. The van der Waals surface area contributed by atoms with E-state index in [1.807, 2.05) is 18.2 Å². The van der Waals surface area contributed by atoms with Crippen LogP contribution in [0, 0.1) is 5.41 Å². The number of nitrogens with zero attached hydrogens (tertiary/aromatic N) is 1. The predicted octanol–water partition coefficient (Wildman–Crippen LogP) is 2.42. The minimum Gasteiger partial charge on any atom is -0.370 e. The Kier molecular flexibility index (Phi) is 2.58. The highest BCUT2D eigenvalue weighted by molar-refractivity contribution is 5.79. The molecule has 18 heavy (non-hydrogen) atoms. The lowest BCUT2D eigenvalue weighted by Crippen LogP contribution is -2.46. The molecule has 0 spiro atoms. The fourth-order valence-corrected chi connectivity index (χ4v) is 2.72. The van der Waals surface area contributed by atoms with Gasteiger partial charge in [-0.1, -0.05) is 37.3 Å². The smallest absolute Gasteiger partial charge is 0.189 e. The molecule has 0 bridgehead atoms. The second-order valence-corrected chi connectivity index (χ2v) is 5.95. The highest BCUT2D eigenvalue weighted by atomic mass is 15.2. The quantitative estimate of drug-likeness (QED) is 0.630. The Morgan fingerprint density at radius 2 is 1.89 bits per heavy atom. The largest absolute Gasteiger partial charge is 0.370 e. The van der Waals surface area contributed by atoms with Crippen LogP contribution >= 0.6 is 0 Å². The third-order valence-electron chi connectivity index (χ3n) is 4.55. The molecule has 3 N–H and O–H groups in total. The fraction of sp³-hybridized carbons (Fsp3) is 0.533. The summed E-state index contributed by atoms with van der Waals surface area (Å²) in [6, 6.07) is 10.2. The SMILES string of the molecule is CC1(C2(NC(N)=NCc3ccccc3)CC2)CC1. The minimum atomic E-state index is 0.261. The first-order chi connectivity index (χ1) is 8.64. The topological polar surface area (TPSA) is 50.4 Å². The van der Waals surface area contributed by atoms with E-state index < -0.39 is 0 Å². The first kappa shape index (κ1) is 11.6. The molecule has 3 nitrogen and oxygen atoms in total. The van der Waals surface area contributed by atoms with E-state index in [2.05, 4.69) is 29.4 Å². The molecule has 0 radical (unpaired) electrons. The molecule has 1 aromatic carbocycles. The zero-order valence-corrected chi connectivity index (χ0v) is 10.9. The van der Waals surface area contributed by atoms with Gasteiger partial charge in [0.1, 0.15) is 0 Å². The van der Waals surface area contributed by atoms with Crippen LogP contribution in [0.5, 0.6) is 0 Å². The van der Waals surface area contributed by atoms with Gasteiger partial charge in [-0.2, -0.15) is 0 Å². The van der Waals surface area contributed by atoms with Crippen molar-refractivity contribution in [3.8, 4) is 0 Å². The summed E-state index contributed by atoms with van der Waals surface area (Å²) in [5, 5.41) is 3.47. The fourth-order valence-electron chi connectivity index (χ4n) is 2.72. The van der Waals surface area contributed by atoms with Crippen LogP contribution in [0.4, 0.5) is 0 Å². The third kappa shape index (κ3) is 2.09. The van der Waals surface area contributed by atoms with Crippen LogP contribution in [0.3, 0.4) is 0 Å². The van der Waals surface area contributed by atoms with Gasteiger partial charge in [0.2, 0.25) is 0 Å². The molecule has 0 atom stereocenters. The summed E-state index contributed by atoms with van der Waals surface area (Å²) in [6.07, 6.45) is 5.13. The molecule has 96 valence electrons. The molecule has 0 saturated heterocycles. The summed E-state index contributed by atoms with van der Waals surface area (Å²) in [4.78, 5) is 4.44. The van der Waals surface area contributed by atoms with Crippen molar-refractivity contribution in [1.29, 1.82) is 0 Å². The molecule has 0 unspecified atom stereocenters. The Bertz CT molecular complexity index is 456. The molecule has 2 saturated carbocycles. The summed E-state index contributed by atoms with van der Waals surface area (Å²) >= 11 is 0. The number of hydrogen-bond acceptors (Lipinski definition) is 1. The van der Waals surface area contributed by atoms with Crippen molar-refractivity contribution in [2.45, 2.75) is 44.7 Å². The van der Waals surface area contributed by atoms with Gasteiger partial charge in [-0.3, -0.25) is 0 Å². The van der Waals surface area contributed by atoms with Gasteiger partial charge in [-0.05, 0) is 36.7 Å². The maximum absolute atomic E-state index is 6.01. The molecule has 2 fully saturated rings. The standard InChI is InChI=1S/C15H21N3/c1-14(7-8-14)15(9-10-15)18-13(16)17-11-12-5-3-2-4-6-12/h2-6H,7-11H2,1H3,(H3,16,17,18). The molecule has 0 aliphatic heterocycles. The van der Waals surface area contributed by atoms with Crippen LogP contribution in [-0.2, 0) is 6.54 Å². The van der Waals surface area contributed by atoms with Crippen molar-refractivity contribution in [3.05, 3.63) is 35.9 Å². The molecule has 2 aliphatic carbocycles. The molecular formula is C15H21N3. The van der Waals surface area contributed by atoms with Crippen LogP contribution in [0.2, 0.25) is 0 Å². The van der Waals surface area contributed by atoms with E-state index in [-0.39, 0.29) is 5.54 Å². The number of guanidine groups is 1. The van der Waals surface area contributed by atoms with Gasteiger partial charge in [0, 0.05) is 5.54 Å². The van der Waals surface area contributed by atoms with Crippen LogP contribution < -0.4 is 11.1 Å². The Hall–Kier alpha value is -1.51. The number of rotatable bonds is 4. The van der Waals surface area contributed by atoms with Crippen LogP contribution in [0.25, 0.3) is 0 Å². The number of benzene rings is 1. The normalized spacial score (nSPS) is 23.5. The van der Waals surface area contributed by atoms with Gasteiger partial charge in [-0.25, -0.2) is 4.99 Å². The molecule has 0 aromatic heterocycles. The van der Waals surface area contributed by atoms with Crippen molar-refractivity contribution < 1.29 is 0 Å². The van der Waals surface area contributed by atoms with Gasteiger partial charge < -0.3 is 11.1 Å². The number of hydrogen-bond donors (Lipinski definition) is 2. The lowest BCUT2D eigenvalue weighted by molar-refractivity contribution is 0.379. The van der Waals surface area contributed by atoms with E-state index >= 15 is 0 Å². The van der Waals surface area contributed by atoms with E-state index in [0.717, 1.165) is 0 Å². The minimum absolute atomic E-state index is 0.261. The van der Waals surface area contributed by atoms with Crippen LogP contribution in [-0.4, -0.2) is 11.5 Å². The van der Waals surface area contributed by atoms with Crippen LogP contribution in [0.1, 0.15) is 38.2 Å². The second kappa shape index (κ2) is 4.01. The molecular weight excluding hydrogens is 222 g/mol. The van der Waals surface area contributed by atoms with Crippen LogP contribution in [0.15, 0.2) is 35.3 Å². The number of nitrogens with one attached hydrogen (secondary N) is 1. The Balaban J connectivity index is 1.60. The molecule has 3 rings (SSSR count). The third-order valence-corrected chi connectivity index (χ3v) is 4.55. The van der Waals surface area contributed by atoms with Gasteiger partial charge in [0.15, 0.2) is 5.96 Å². The molecule has 3 heteroatoms. The summed E-state index contributed by atoms with van der Waals surface area (Å²) in [6.45, 7) is 3.02. The van der Waals surface area contributed by atoms with E-state index in [0.29, 0.717) is 17.9 Å². The summed E-state index contributed by atoms with van der Waals surface area (Å²) in [7, 11) is 0. The van der Waals surface area contributed by atoms with Gasteiger partial charge in [0.05, 0.1) is 6.54 Å². The van der Waals surface area contributed by atoms with Crippen molar-refractivity contribution in [3.63, 3.8) is 0 Å². The van der Waals surface area contributed by atoms with E-state index in [1.165, 1.54) is 31.2 Å². The van der Waals surface area contributed by atoms with Gasteiger partial charge in [-0.15, -0.1) is 0 Å². The molecule has 2 aliphatic rings. The first-order valence-corrected chi connectivity index (χ1v) is 6.76. The maximum atomic E-state index is 6.01. The summed E-state index contributed by atoms with van der Waals surface area (Å²) < 4.78 is 0. The van der Waals surface area contributed by atoms with Crippen molar-refractivity contribution in [1.82, 2.24) is 5.32 Å². The highest BCUT2D eigenvalue weighted by Crippen LogP contribution is 2.63. The first-order valence-electron chi connectivity index (χ1n) is 6.76. The van der Waals surface area contributed by atoms with Crippen molar-refractivity contribution >= 4 is 5.96 Å². The zero-order chi connectivity index (χ0) is 12.6.